The minimum absolute atomic E-state index is 0.563. The van der Waals surface area contributed by atoms with Crippen molar-refractivity contribution in [3.05, 3.63) is 156 Å². The normalized spacial score (nSPS) is 10.7. The van der Waals surface area contributed by atoms with Gasteiger partial charge in [0.2, 0.25) is 0 Å². The molecule has 0 heterocycles. The SMILES string of the molecule is CC(C)c1cc2c(-c3cccc4ccccc34)cccc2[cH-]1.CCc1cc2c(-c3cccc4ccccc34)ccc(C)c2[cH-]1.C[Si]C.[Cl][Zr+2][Cl]. The summed E-state index contributed by atoms with van der Waals surface area (Å²) in [7, 11) is 11.0. The first-order valence-electron chi connectivity index (χ1n) is 17.2. The standard InChI is InChI=1S/2C22H19.C2H6Si.2ClH.Zr/c1-15(2)18-13-17-9-6-12-21(22(17)14-18)20-11-5-8-16-7-3-4-10-19(16)20;1-3-16-13-21-15(2)11-12-20(22(21)14-16)19-10-6-8-17-7-4-5-9-18(17)19;1-3-2;;;/h3-15H,1-2H3;4-14H,3H2,1-2H3;1-2H3;2*1H;/q2*-1;;;;+4/p-2. The van der Waals surface area contributed by atoms with Crippen molar-refractivity contribution in [2.24, 2.45) is 0 Å². The maximum atomic E-state index is 4.93. The number of hydrogen-bond acceptors (Lipinski definition) is 0. The van der Waals surface area contributed by atoms with Gasteiger partial charge in [-0.1, -0.05) is 149 Å². The molecule has 0 aliphatic rings. The van der Waals surface area contributed by atoms with E-state index in [0.717, 1.165) is 15.9 Å². The molecule has 0 saturated heterocycles. The van der Waals surface area contributed by atoms with Gasteiger partial charge in [0.15, 0.2) is 0 Å². The molecular weight excluding hydrogens is 743 g/mol. The van der Waals surface area contributed by atoms with E-state index in [1.807, 2.05) is 0 Å². The Hall–Kier alpha value is -3.26. The summed E-state index contributed by atoms with van der Waals surface area (Å²) >= 11 is -0.826. The summed E-state index contributed by atoms with van der Waals surface area (Å²) < 4.78 is 0. The van der Waals surface area contributed by atoms with E-state index in [2.05, 4.69) is 180 Å². The Kier molecular flexibility index (Phi) is 13.9. The van der Waals surface area contributed by atoms with Crippen LogP contribution in [0.1, 0.15) is 43.4 Å². The molecule has 0 aliphatic carbocycles. The monoisotopic (exact) mass is 784 g/mol. The molecule has 0 N–H and O–H groups in total. The molecule has 0 fully saturated rings. The average molecular weight is 787 g/mol. The van der Waals surface area contributed by atoms with Crippen LogP contribution >= 0.6 is 17.0 Å². The van der Waals surface area contributed by atoms with E-state index >= 15 is 0 Å². The van der Waals surface area contributed by atoms with Gasteiger partial charge in [-0.15, -0.1) is 68.6 Å². The molecule has 8 rings (SSSR count). The van der Waals surface area contributed by atoms with E-state index in [-0.39, 0.29) is 0 Å². The summed E-state index contributed by atoms with van der Waals surface area (Å²) in [5.74, 6) is 0.563. The molecule has 0 spiro atoms. The van der Waals surface area contributed by atoms with Crippen LogP contribution in [0.3, 0.4) is 0 Å². The third-order valence-corrected chi connectivity index (χ3v) is 9.17. The Bertz CT molecular complexity index is 2300. The van der Waals surface area contributed by atoms with Crippen molar-refractivity contribution < 1.29 is 20.8 Å². The summed E-state index contributed by atoms with van der Waals surface area (Å²) in [5, 5.41) is 10.7. The first-order valence-corrected chi connectivity index (χ1v) is 25.6. The van der Waals surface area contributed by atoms with Gasteiger partial charge >= 0.3 is 37.9 Å². The Balaban J connectivity index is 0.000000168. The van der Waals surface area contributed by atoms with Gasteiger partial charge in [-0.2, -0.15) is 12.1 Å². The van der Waals surface area contributed by atoms with Gasteiger partial charge in [0.1, 0.15) is 0 Å². The average Bonchev–Trinajstić information content (AvgIpc) is 3.79. The minimum atomic E-state index is -0.826. The van der Waals surface area contributed by atoms with Crippen LogP contribution in [-0.4, -0.2) is 9.52 Å². The van der Waals surface area contributed by atoms with Crippen molar-refractivity contribution in [1.29, 1.82) is 0 Å². The van der Waals surface area contributed by atoms with Crippen LogP contribution in [0.4, 0.5) is 0 Å². The van der Waals surface area contributed by atoms with Crippen molar-refractivity contribution in [2.45, 2.75) is 53.1 Å². The predicted molar refractivity (Wildman–Crippen MR) is 222 cm³/mol. The van der Waals surface area contributed by atoms with Crippen molar-refractivity contribution in [2.75, 3.05) is 0 Å². The van der Waals surface area contributed by atoms with Gasteiger partial charge in [0.05, 0.1) is 0 Å². The fourth-order valence-electron chi connectivity index (χ4n) is 6.69. The Labute approximate surface area is 319 Å². The van der Waals surface area contributed by atoms with E-state index in [0.29, 0.717) is 5.92 Å². The summed E-state index contributed by atoms with van der Waals surface area (Å²) in [5.41, 5.74) is 9.53. The molecule has 0 nitrogen and oxygen atoms in total. The Morgan fingerprint density at radius 2 is 1.08 bits per heavy atom. The maximum absolute atomic E-state index is 4.93. The molecule has 0 aromatic heterocycles. The molecule has 0 saturated carbocycles. The van der Waals surface area contributed by atoms with Gasteiger partial charge in [-0.25, -0.2) is 0 Å². The molecule has 0 aliphatic heterocycles. The number of aryl methyl sites for hydroxylation is 2. The molecule has 250 valence electrons. The molecule has 4 heteroatoms. The number of halogens is 2. The second kappa shape index (κ2) is 18.3. The van der Waals surface area contributed by atoms with Gasteiger partial charge in [-0.05, 0) is 45.0 Å². The summed E-state index contributed by atoms with van der Waals surface area (Å²) in [6, 6.07) is 51.0. The van der Waals surface area contributed by atoms with Gasteiger partial charge in [-0.3, -0.25) is 0 Å². The van der Waals surface area contributed by atoms with Crippen molar-refractivity contribution in [3.63, 3.8) is 0 Å². The first kappa shape index (κ1) is 38.0. The van der Waals surface area contributed by atoms with Crippen molar-refractivity contribution in [3.8, 4) is 22.3 Å². The molecular formula is C46H44Cl2SiZr. The molecule has 0 amide bonds. The summed E-state index contributed by atoms with van der Waals surface area (Å²) in [6.45, 7) is 13.2. The Morgan fingerprint density at radius 1 is 0.600 bits per heavy atom. The van der Waals surface area contributed by atoms with Crippen LogP contribution in [-0.2, 0) is 27.3 Å². The van der Waals surface area contributed by atoms with Gasteiger partial charge in [0.25, 0.3) is 0 Å². The Morgan fingerprint density at radius 3 is 1.62 bits per heavy atom. The third kappa shape index (κ3) is 8.60. The quantitative estimate of drug-likeness (QED) is 0.123. The van der Waals surface area contributed by atoms with Crippen LogP contribution in [0.25, 0.3) is 65.3 Å². The molecule has 50 heavy (non-hydrogen) atoms. The molecule has 0 bridgehead atoms. The summed E-state index contributed by atoms with van der Waals surface area (Å²) in [4.78, 5) is 0. The first-order chi connectivity index (χ1) is 24.3. The number of rotatable bonds is 4. The zero-order valence-corrected chi connectivity index (χ0v) is 34.8. The zero-order chi connectivity index (χ0) is 35.6. The summed E-state index contributed by atoms with van der Waals surface area (Å²) in [6.07, 6.45) is 1.09. The molecule has 2 radical (unpaired) electrons. The predicted octanol–water partition coefficient (Wildman–Crippen LogP) is 14.9. The van der Waals surface area contributed by atoms with E-state index in [1.165, 1.54) is 82.0 Å². The molecule has 8 aromatic rings. The third-order valence-electron chi connectivity index (χ3n) is 9.17. The molecule has 0 atom stereocenters. The number of fused-ring (bicyclic) bond motifs is 4. The number of benzene rings is 6. The molecule has 8 aromatic carbocycles. The fourth-order valence-corrected chi connectivity index (χ4v) is 6.69. The second-order valence-electron chi connectivity index (χ2n) is 12.9. The molecule has 0 unspecified atom stereocenters. The van der Waals surface area contributed by atoms with Gasteiger partial charge < -0.3 is 0 Å². The van der Waals surface area contributed by atoms with Gasteiger partial charge in [0, 0.05) is 9.52 Å². The van der Waals surface area contributed by atoms with Crippen LogP contribution in [0.15, 0.2) is 140 Å². The second-order valence-corrected chi connectivity index (χ2v) is 17.6. The van der Waals surface area contributed by atoms with Crippen LogP contribution < -0.4 is 0 Å². The fraction of sp³-hybridized carbons (Fsp3) is 0.174. The van der Waals surface area contributed by atoms with E-state index in [4.69, 9.17) is 17.0 Å². The van der Waals surface area contributed by atoms with Crippen LogP contribution in [0, 0.1) is 6.92 Å². The number of hydrogen-bond donors (Lipinski definition) is 0. The van der Waals surface area contributed by atoms with Crippen molar-refractivity contribution >= 4 is 69.6 Å². The van der Waals surface area contributed by atoms with Crippen LogP contribution in [0.5, 0.6) is 0 Å². The van der Waals surface area contributed by atoms with Crippen LogP contribution in [0.2, 0.25) is 13.1 Å². The van der Waals surface area contributed by atoms with E-state index in [9.17, 15) is 0 Å². The van der Waals surface area contributed by atoms with E-state index in [1.54, 1.807) is 0 Å². The topological polar surface area (TPSA) is 0 Å². The van der Waals surface area contributed by atoms with Crippen molar-refractivity contribution in [1.82, 2.24) is 0 Å². The zero-order valence-electron chi connectivity index (χ0n) is 29.8. The van der Waals surface area contributed by atoms with E-state index < -0.39 is 20.8 Å².